The van der Waals surface area contributed by atoms with Crippen LogP contribution < -0.4 is 0 Å². The molecule has 0 aliphatic rings. The number of hydrogen-bond acceptors (Lipinski definition) is 6. The van der Waals surface area contributed by atoms with Gasteiger partial charge in [-0.15, -0.1) is 0 Å². The van der Waals surface area contributed by atoms with Gasteiger partial charge in [0.1, 0.15) is 0 Å². The van der Waals surface area contributed by atoms with Gasteiger partial charge in [-0.3, -0.25) is 30.1 Å². The monoisotopic (exact) mass is 665 g/mol. The van der Waals surface area contributed by atoms with E-state index in [0.717, 1.165) is 72.8 Å². The first-order valence-electron chi connectivity index (χ1n) is 17.4. The van der Waals surface area contributed by atoms with E-state index in [1.165, 1.54) is 0 Å². The molecule has 2 heterocycles. The van der Waals surface area contributed by atoms with Crippen LogP contribution in [0.3, 0.4) is 0 Å². The zero-order valence-corrected chi connectivity index (χ0v) is 30.6. The van der Waals surface area contributed by atoms with E-state index in [-0.39, 0.29) is 34.3 Å². The van der Waals surface area contributed by atoms with Gasteiger partial charge >= 0.3 is 0 Å². The second-order valence-electron chi connectivity index (χ2n) is 14.1. The zero-order chi connectivity index (χ0) is 36.1. The summed E-state index contributed by atoms with van der Waals surface area (Å²) in [7, 11) is 0. The Morgan fingerprint density at radius 2 is 0.960 bits per heavy atom. The molecule has 0 radical (unpaired) electrons. The molecule has 0 atom stereocenters. The molecule has 0 saturated carbocycles. The van der Waals surface area contributed by atoms with Crippen LogP contribution in [0.1, 0.15) is 118 Å². The van der Waals surface area contributed by atoms with Gasteiger partial charge in [-0.25, -0.2) is 0 Å². The predicted octanol–water partition coefficient (Wildman–Crippen LogP) is 12.0. The van der Waals surface area contributed by atoms with Gasteiger partial charge in [0.25, 0.3) is 5.69 Å². The fraction of sp³-hybridized carbons (Fsp3) is 0.302. The Morgan fingerprint density at radius 3 is 1.24 bits per heavy atom. The SMILES string of the molecule is Cc1c(-c2cc(C(C)C)c(N=Cc3ccccn3)c(C(C)C)c2)cc([N+](=O)[O-])cc1-c1cc(C(C)C)c(N=Cc2ccccn2)c(C(C)C)c1. The first-order valence-corrected chi connectivity index (χ1v) is 17.4. The number of pyridine rings is 2. The van der Waals surface area contributed by atoms with E-state index in [9.17, 15) is 10.1 Å². The quantitative estimate of drug-likeness (QED) is 0.0797. The third kappa shape index (κ3) is 7.94. The Kier molecular flexibility index (Phi) is 11.2. The number of nitro groups is 1. The molecule has 2 aromatic heterocycles. The maximum Gasteiger partial charge on any atom is 0.270 e. The topological polar surface area (TPSA) is 93.6 Å². The predicted molar refractivity (Wildman–Crippen MR) is 208 cm³/mol. The normalized spacial score (nSPS) is 12.0. The summed E-state index contributed by atoms with van der Waals surface area (Å²) in [5, 5.41) is 12.5. The van der Waals surface area contributed by atoms with Crippen LogP contribution in [-0.4, -0.2) is 27.3 Å². The summed E-state index contributed by atoms with van der Waals surface area (Å²) in [6, 6.07) is 23.6. The highest BCUT2D eigenvalue weighted by Crippen LogP contribution is 2.44. The van der Waals surface area contributed by atoms with Crippen LogP contribution in [0.25, 0.3) is 22.3 Å². The lowest BCUT2D eigenvalue weighted by atomic mass is 9.84. The molecule has 0 bridgehead atoms. The largest absolute Gasteiger partial charge is 0.270 e. The second kappa shape index (κ2) is 15.5. The van der Waals surface area contributed by atoms with Crippen molar-refractivity contribution in [3.05, 3.63) is 135 Å². The maximum atomic E-state index is 12.5. The standard InChI is InChI=1S/C43H47N5O2/c1-26(2)36-18-31(19-37(27(3)4)42(36)46-24-33-14-10-12-16-44-33)40-22-35(48(49)50)23-41(30(40)9)32-20-38(28(5)6)43(39(21-32)29(7)8)47-25-34-15-11-13-17-45-34/h10-29H,1-9H3. The van der Waals surface area contributed by atoms with Crippen molar-refractivity contribution in [1.82, 2.24) is 9.97 Å². The minimum absolute atomic E-state index is 0.0597. The minimum atomic E-state index is -0.289. The average molecular weight is 666 g/mol. The van der Waals surface area contributed by atoms with Crippen molar-refractivity contribution in [2.24, 2.45) is 9.98 Å². The van der Waals surface area contributed by atoms with Crippen LogP contribution in [0.15, 0.2) is 95.2 Å². The molecule has 0 spiro atoms. The molecule has 256 valence electrons. The Labute approximate surface area is 296 Å². The molecule has 3 aromatic carbocycles. The van der Waals surface area contributed by atoms with Crippen LogP contribution in [-0.2, 0) is 0 Å². The molecule has 7 nitrogen and oxygen atoms in total. The number of aromatic nitrogens is 2. The van der Waals surface area contributed by atoms with Gasteiger partial charge in [0.15, 0.2) is 0 Å². The fourth-order valence-corrected chi connectivity index (χ4v) is 6.30. The van der Waals surface area contributed by atoms with Gasteiger partial charge in [-0.1, -0.05) is 67.5 Å². The third-order valence-corrected chi connectivity index (χ3v) is 9.08. The smallest absolute Gasteiger partial charge is 0.258 e. The molecular weight excluding hydrogens is 619 g/mol. The van der Waals surface area contributed by atoms with E-state index in [2.05, 4.69) is 96.5 Å². The van der Waals surface area contributed by atoms with E-state index in [0.29, 0.717) is 0 Å². The summed E-state index contributed by atoms with van der Waals surface area (Å²) in [6.07, 6.45) is 7.15. The van der Waals surface area contributed by atoms with E-state index < -0.39 is 0 Å². The van der Waals surface area contributed by atoms with Crippen LogP contribution >= 0.6 is 0 Å². The molecule has 0 N–H and O–H groups in total. The summed E-state index contributed by atoms with van der Waals surface area (Å²) in [6.45, 7) is 19.4. The molecule has 5 rings (SSSR count). The van der Waals surface area contributed by atoms with Crippen LogP contribution in [0, 0.1) is 17.0 Å². The molecule has 5 aromatic rings. The van der Waals surface area contributed by atoms with E-state index in [4.69, 9.17) is 9.98 Å². The first-order chi connectivity index (χ1) is 23.8. The summed E-state index contributed by atoms with van der Waals surface area (Å²) in [5.74, 6) is 0.678. The zero-order valence-electron chi connectivity index (χ0n) is 30.6. The molecular formula is C43H47N5O2. The Bertz CT molecular complexity index is 1850. The van der Waals surface area contributed by atoms with E-state index >= 15 is 0 Å². The first kappa shape index (κ1) is 36.0. The molecule has 0 saturated heterocycles. The molecule has 0 aliphatic carbocycles. The molecule has 0 aliphatic heterocycles. The van der Waals surface area contributed by atoms with E-state index in [1.54, 1.807) is 24.5 Å². The number of benzene rings is 3. The van der Waals surface area contributed by atoms with Crippen molar-refractivity contribution in [3.8, 4) is 22.3 Å². The number of non-ortho nitro benzene ring substituents is 1. The van der Waals surface area contributed by atoms with Crippen LogP contribution in [0.2, 0.25) is 0 Å². The van der Waals surface area contributed by atoms with Gasteiger partial charge in [0.05, 0.1) is 40.1 Å². The van der Waals surface area contributed by atoms with Crippen molar-refractivity contribution < 1.29 is 4.92 Å². The van der Waals surface area contributed by atoms with Gasteiger partial charge in [-0.2, -0.15) is 0 Å². The minimum Gasteiger partial charge on any atom is -0.258 e. The fourth-order valence-electron chi connectivity index (χ4n) is 6.30. The number of nitrogens with zero attached hydrogens (tertiary/aromatic N) is 5. The molecule has 0 fully saturated rings. The lowest BCUT2D eigenvalue weighted by molar-refractivity contribution is -0.384. The summed E-state index contributed by atoms with van der Waals surface area (Å²) in [5.41, 5.74) is 12.4. The lowest BCUT2D eigenvalue weighted by Gasteiger charge is -2.22. The summed E-state index contributed by atoms with van der Waals surface area (Å²) in [4.78, 5) is 31.0. The van der Waals surface area contributed by atoms with Crippen molar-refractivity contribution >= 4 is 29.5 Å². The highest BCUT2D eigenvalue weighted by Gasteiger charge is 2.23. The maximum absolute atomic E-state index is 12.5. The van der Waals surface area contributed by atoms with Gasteiger partial charge in [-0.05, 0) is 129 Å². The second-order valence-corrected chi connectivity index (χ2v) is 14.1. The summed E-state index contributed by atoms with van der Waals surface area (Å²) < 4.78 is 0. The third-order valence-electron chi connectivity index (χ3n) is 9.08. The number of rotatable bonds is 11. The number of nitro benzene ring substituents is 1. The summed E-state index contributed by atoms with van der Waals surface area (Å²) >= 11 is 0. The molecule has 0 unspecified atom stereocenters. The van der Waals surface area contributed by atoms with Crippen molar-refractivity contribution in [2.45, 2.75) is 86.0 Å². The van der Waals surface area contributed by atoms with E-state index in [1.807, 2.05) is 48.8 Å². The Hall–Kier alpha value is -5.30. The van der Waals surface area contributed by atoms with Gasteiger partial charge in [0.2, 0.25) is 0 Å². The van der Waals surface area contributed by atoms with Crippen molar-refractivity contribution in [2.75, 3.05) is 0 Å². The van der Waals surface area contributed by atoms with Crippen LogP contribution in [0.4, 0.5) is 17.1 Å². The highest BCUT2D eigenvalue weighted by atomic mass is 16.6. The van der Waals surface area contributed by atoms with Crippen molar-refractivity contribution in [3.63, 3.8) is 0 Å². The van der Waals surface area contributed by atoms with Gasteiger partial charge in [0, 0.05) is 24.5 Å². The van der Waals surface area contributed by atoms with Crippen molar-refractivity contribution in [1.29, 1.82) is 0 Å². The highest BCUT2D eigenvalue weighted by molar-refractivity contribution is 5.87. The lowest BCUT2D eigenvalue weighted by Crippen LogP contribution is -2.01. The average Bonchev–Trinajstić information content (AvgIpc) is 3.09. The van der Waals surface area contributed by atoms with Gasteiger partial charge < -0.3 is 0 Å². The molecule has 7 heteroatoms. The molecule has 50 heavy (non-hydrogen) atoms. The van der Waals surface area contributed by atoms with Crippen LogP contribution in [0.5, 0.6) is 0 Å². The number of aliphatic imine (C=N–C) groups is 2. The Morgan fingerprint density at radius 1 is 0.600 bits per heavy atom. The number of hydrogen-bond donors (Lipinski definition) is 0. The molecule has 0 amide bonds. The Balaban J connectivity index is 1.73.